The van der Waals surface area contributed by atoms with Crippen molar-refractivity contribution in [1.82, 2.24) is 10.2 Å². The van der Waals surface area contributed by atoms with Crippen molar-refractivity contribution in [3.05, 3.63) is 35.9 Å². The summed E-state index contributed by atoms with van der Waals surface area (Å²) >= 11 is 0. The molecule has 116 valence electrons. The Morgan fingerprint density at radius 2 is 1.76 bits per heavy atom. The molecule has 0 spiro atoms. The van der Waals surface area contributed by atoms with E-state index in [-0.39, 0.29) is 0 Å². The molecule has 0 radical (unpaired) electrons. The Morgan fingerprint density at radius 1 is 1.05 bits per heavy atom. The molecule has 1 N–H and O–H groups in total. The highest BCUT2D eigenvalue weighted by Crippen LogP contribution is 2.31. The zero-order chi connectivity index (χ0) is 14.5. The van der Waals surface area contributed by atoms with Crippen molar-refractivity contribution < 1.29 is 0 Å². The lowest BCUT2D eigenvalue weighted by Crippen LogP contribution is -2.47. The zero-order valence-electron chi connectivity index (χ0n) is 13.4. The van der Waals surface area contributed by atoms with Crippen molar-refractivity contribution in [3.63, 3.8) is 0 Å². The Labute approximate surface area is 129 Å². The molecule has 0 amide bonds. The van der Waals surface area contributed by atoms with E-state index in [4.69, 9.17) is 0 Å². The fraction of sp³-hybridized carbons (Fsp3) is 0.684. The van der Waals surface area contributed by atoms with Crippen LogP contribution in [0.15, 0.2) is 30.3 Å². The molecule has 1 saturated heterocycles. The van der Waals surface area contributed by atoms with Gasteiger partial charge < -0.3 is 5.32 Å². The van der Waals surface area contributed by atoms with Crippen LogP contribution >= 0.6 is 0 Å². The lowest BCUT2D eigenvalue weighted by molar-refractivity contribution is 0.144. The first-order valence-electron chi connectivity index (χ1n) is 8.86. The largest absolute Gasteiger partial charge is 0.308 e. The molecule has 21 heavy (non-hydrogen) atoms. The maximum atomic E-state index is 3.68. The van der Waals surface area contributed by atoms with Crippen LogP contribution in [0.2, 0.25) is 0 Å². The minimum absolute atomic E-state index is 0.520. The van der Waals surface area contributed by atoms with Crippen molar-refractivity contribution in [1.29, 1.82) is 0 Å². The van der Waals surface area contributed by atoms with Crippen LogP contribution in [0.5, 0.6) is 0 Å². The van der Waals surface area contributed by atoms with Gasteiger partial charge in [0.05, 0.1) is 0 Å². The monoisotopic (exact) mass is 286 g/mol. The van der Waals surface area contributed by atoms with Gasteiger partial charge in [-0.1, -0.05) is 56.5 Å². The van der Waals surface area contributed by atoms with Crippen LogP contribution in [-0.4, -0.2) is 31.1 Å². The van der Waals surface area contributed by atoms with E-state index in [1.54, 1.807) is 0 Å². The van der Waals surface area contributed by atoms with Crippen LogP contribution < -0.4 is 5.32 Å². The molecule has 3 rings (SSSR count). The van der Waals surface area contributed by atoms with E-state index in [2.05, 4.69) is 47.5 Å². The number of piperazine rings is 1. The highest BCUT2D eigenvalue weighted by Gasteiger charge is 2.25. The highest BCUT2D eigenvalue weighted by atomic mass is 15.2. The quantitative estimate of drug-likeness (QED) is 0.904. The molecule has 1 unspecified atom stereocenters. The molecule has 1 aromatic carbocycles. The Bertz CT molecular complexity index is 409. The minimum atomic E-state index is 0.520. The van der Waals surface area contributed by atoms with E-state index in [0.717, 1.165) is 18.4 Å². The second-order valence-electron chi connectivity index (χ2n) is 6.97. The molecular formula is C19H30N2. The lowest BCUT2D eigenvalue weighted by atomic mass is 9.80. The summed E-state index contributed by atoms with van der Waals surface area (Å²) in [6.07, 6.45) is 7.23. The Hall–Kier alpha value is -0.860. The summed E-state index contributed by atoms with van der Waals surface area (Å²) in [6.45, 7) is 7.20. The van der Waals surface area contributed by atoms with Crippen LogP contribution in [0.1, 0.15) is 50.6 Å². The van der Waals surface area contributed by atoms with Gasteiger partial charge in [0.1, 0.15) is 0 Å². The van der Waals surface area contributed by atoms with Crippen LogP contribution in [0, 0.1) is 11.8 Å². The fourth-order valence-electron chi connectivity index (χ4n) is 4.07. The van der Waals surface area contributed by atoms with Gasteiger partial charge in [-0.3, -0.25) is 4.90 Å². The van der Waals surface area contributed by atoms with Gasteiger partial charge in [-0.15, -0.1) is 0 Å². The van der Waals surface area contributed by atoms with E-state index in [1.165, 1.54) is 57.3 Å². The number of nitrogens with one attached hydrogen (secondary N) is 1. The molecule has 1 aromatic rings. The Balaban J connectivity index is 1.50. The lowest BCUT2D eigenvalue weighted by Gasteiger charge is -2.37. The smallest absolute Gasteiger partial charge is 0.0449 e. The molecule has 1 heterocycles. The average Bonchev–Trinajstić information content (AvgIpc) is 2.57. The molecule has 0 aromatic heterocycles. The predicted octanol–water partition coefficient (Wildman–Crippen LogP) is 3.85. The van der Waals surface area contributed by atoms with Crippen LogP contribution in [0.25, 0.3) is 0 Å². The summed E-state index contributed by atoms with van der Waals surface area (Å²) in [4.78, 5) is 2.70. The second-order valence-corrected chi connectivity index (χ2v) is 6.97. The van der Waals surface area contributed by atoms with Gasteiger partial charge in [-0.2, -0.15) is 0 Å². The first-order chi connectivity index (χ1) is 10.3. The SMILES string of the molecule is CCC1CCC(CN2CCNC(c3ccccc3)C2)CC1. The molecule has 1 aliphatic carbocycles. The van der Waals surface area contributed by atoms with E-state index in [9.17, 15) is 0 Å². The molecule has 0 bridgehead atoms. The van der Waals surface area contributed by atoms with Crippen molar-refractivity contribution in [2.75, 3.05) is 26.2 Å². The normalized spacial score (nSPS) is 31.2. The highest BCUT2D eigenvalue weighted by molar-refractivity contribution is 5.19. The van der Waals surface area contributed by atoms with E-state index >= 15 is 0 Å². The molecule has 1 aliphatic heterocycles. The number of rotatable bonds is 4. The Morgan fingerprint density at radius 3 is 2.48 bits per heavy atom. The van der Waals surface area contributed by atoms with Crippen molar-refractivity contribution >= 4 is 0 Å². The van der Waals surface area contributed by atoms with Gasteiger partial charge in [0, 0.05) is 32.2 Å². The van der Waals surface area contributed by atoms with Crippen molar-refractivity contribution in [3.8, 4) is 0 Å². The molecule has 2 nitrogen and oxygen atoms in total. The van der Waals surface area contributed by atoms with Gasteiger partial charge in [-0.05, 0) is 30.2 Å². The van der Waals surface area contributed by atoms with Gasteiger partial charge >= 0.3 is 0 Å². The summed E-state index contributed by atoms with van der Waals surface area (Å²) in [6, 6.07) is 11.5. The summed E-state index contributed by atoms with van der Waals surface area (Å²) < 4.78 is 0. The summed E-state index contributed by atoms with van der Waals surface area (Å²) in [5, 5.41) is 3.68. The number of nitrogens with zero attached hydrogens (tertiary/aromatic N) is 1. The number of benzene rings is 1. The van der Waals surface area contributed by atoms with E-state index in [1.807, 2.05) is 0 Å². The van der Waals surface area contributed by atoms with E-state index < -0.39 is 0 Å². The minimum Gasteiger partial charge on any atom is -0.308 e. The molecule has 1 saturated carbocycles. The maximum Gasteiger partial charge on any atom is 0.0449 e. The maximum absolute atomic E-state index is 3.68. The third-order valence-corrected chi connectivity index (χ3v) is 5.52. The van der Waals surface area contributed by atoms with Gasteiger partial charge in [0.2, 0.25) is 0 Å². The molecular weight excluding hydrogens is 256 g/mol. The van der Waals surface area contributed by atoms with Gasteiger partial charge in [0.15, 0.2) is 0 Å². The summed E-state index contributed by atoms with van der Waals surface area (Å²) in [5.74, 6) is 1.96. The third-order valence-electron chi connectivity index (χ3n) is 5.52. The Kier molecular flexibility index (Phi) is 5.32. The van der Waals surface area contributed by atoms with Crippen molar-refractivity contribution in [2.24, 2.45) is 11.8 Å². The van der Waals surface area contributed by atoms with Crippen LogP contribution in [0.3, 0.4) is 0 Å². The number of hydrogen-bond donors (Lipinski definition) is 1. The summed E-state index contributed by atoms with van der Waals surface area (Å²) in [7, 11) is 0. The zero-order valence-corrected chi connectivity index (χ0v) is 13.4. The van der Waals surface area contributed by atoms with Gasteiger partial charge in [-0.25, -0.2) is 0 Å². The third kappa shape index (κ3) is 4.08. The predicted molar refractivity (Wildman–Crippen MR) is 89.4 cm³/mol. The molecule has 2 fully saturated rings. The first kappa shape index (κ1) is 15.1. The first-order valence-corrected chi connectivity index (χ1v) is 8.86. The molecule has 1 atom stereocenters. The van der Waals surface area contributed by atoms with Gasteiger partial charge in [0.25, 0.3) is 0 Å². The summed E-state index contributed by atoms with van der Waals surface area (Å²) in [5.41, 5.74) is 1.44. The van der Waals surface area contributed by atoms with Crippen molar-refractivity contribution in [2.45, 2.75) is 45.1 Å². The number of hydrogen-bond acceptors (Lipinski definition) is 2. The second kappa shape index (κ2) is 7.42. The van der Waals surface area contributed by atoms with Crippen LogP contribution in [0.4, 0.5) is 0 Å². The topological polar surface area (TPSA) is 15.3 Å². The molecule has 2 heteroatoms. The standard InChI is InChI=1S/C19H30N2/c1-2-16-8-10-17(11-9-16)14-21-13-12-20-19(15-21)18-6-4-3-5-7-18/h3-7,16-17,19-20H,2,8-15H2,1H3. The average molecular weight is 286 g/mol. The fourth-order valence-corrected chi connectivity index (χ4v) is 4.07. The van der Waals surface area contributed by atoms with E-state index in [0.29, 0.717) is 6.04 Å². The van der Waals surface area contributed by atoms with Crippen LogP contribution in [-0.2, 0) is 0 Å². The molecule has 2 aliphatic rings.